The molecule has 0 bridgehead atoms. The summed E-state index contributed by atoms with van der Waals surface area (Å²) < 4.78 is 1.69. The van der Waals surface area contributed by atoms with E-state index in [-0.39, 0.29) is 22.5 Å². The lowest BCUT2D eigenvalue weighted by Gasteiger charge is -2.33. The highest BCUT2D eigenvalue weighted by molar-refractivity contribution is 7.99. The molecule has 7 heteroatoms. The summed E-state index contributed by atoms with van der Waals surface area (Å²) in [6.45, 7) is 8.90. The molecule has 186 valence electrons. The highest BCUT2D eigenvalue weighted by Crippen LogP contribution is 2.42. The average molecular weight is 537 g/mol. The number of benzene rings is 2. The third-order valence-electron chi connectivity index (χ3n) is 7.04. The van der Waals surface area contributed by atoms with Crippen LogP contribution in [0.3, 0.4) is 0 Å². The second-order valence-electron chi connectivity index (χ2n) is 10.6. The molecule has 0 saturated carbocycles. The van der Waals surface area contributed by atoms with E-state index in [1.807, 2.05) is 31.2 Å². The predicted octanol–water partition coefficient (Wildman–Crippen LogP) is 7.54. The van der Waals surface area contributed by atoms with Crippen molar-refractivity contribution in [1.29, 1.82) is 0 Å². The standard InChI is InChI=1S/C29H29ClN2O2S2/c1-17-6-5-7-21(14-17)32-27(34)25-22-13-10-19(29(2,3)4)15-24(22)36-26(25)31-28(32)35-16-23(33)18-8-11-20(30)12-9-18/h5-9,11-12,14,19H,10,13,15-16H2,1-4H3/t19-/m1/s1. The molecule has 1 aliphatic rings. The first-order chi connectivity index (χ1) is 17.1. The summed E-state index contributed by atoms with van der Waals surface area (Å²) in [4.78, 5) is 34.0. The fourth-order valence-electron chi connectivity index (χ4n) is 4.89. The summed E-state index contributed by atoms with van der Waals surface area (Å²) in [5, 5.41) is 1.89. The van der Waals surface area contributed by atoms with Gasteiger partial charge in [0.1, 0.15) is 4.83 Å². The molecule has 2 aromatic carbocycles. The minimum atomic E-state index is -0.0428. The fourth-order valence-corrected chi connectivity index (χ4v) is 7.26. The van der Waals surface area contributed by atoms with E-state index < -0.39 is 0 Å². The summed E-state index contributed by atoms with van der Waals surface area (Å²) in [6.07, 6.45) is 2.98. The zero-order valence-electron chi connectivity index (χ0n) is 20.9. The highest BCUT2D eigenvalue weighted by Gasteiger charge is 2.32. The van der Waals surface area contributed by atoms with E-state index in [1.165, 1.54) is 22.2 Å². The lowest BCUT2D eigenvalue weighted by Crippen LogP contribution is -2.27. The van der Waals surface area contributed by atoms with Gasteiger partial charge in [-0.25, -0.2) is 4.98 Å². The second kappa shape index (κ2) is 9.81. The number of nitrogens with zero attached hydrogens (tertiary/aromatic N) is 2. The number of thiophene rings is 1. The third-order valence-corrected chi connectivity index (χ3v) is 9.37. The van der Waals surface area contributed by atoms with Crippen LogP contribution in [0.2, 0.25) is 5.02 Å². The summed E-state index contributed by atoms with van der Waals surface area (Å²) in [6, 6.07) is 14.8. The van der Waals surface area contributed by atoms with Crippen molar-refractivity contribution < 1.29 is 4.79 Å². The Morgan fingerprint density at radius 1 is 1.19 bits per heavy atom. The van der Waals surface area contributed by atoms with Crippen molar-refractivity contribution in [2.24, 2.45) is 11.3 Å². The molecule has 0 unspecified atom stereocenters. The minimum Gasteiger partial charge on any atom is -0.293 e. The van der Waals surface area contributed by atoms with Crippen LogP contribution in [-0.4, -0.2) is 21.1 Å². The smallest absolute Gasteiger partial charge is 0.267 e. The van der Waals surface area contributed by atoms with Crippen LogP contribution in [0, 0.1) is 18.3 Å². The number of aryl methyl sites for hydroxylation is 2. The molecule has 0 spiro atoms. The van der Waals surface area contributed by atoms with Crippen LogP contribution < -0.4 is 5.56 Å². The largest absolute Gasteiger partial charge is 0.293 e. The summed E-state index contributed by atoms with van der Waals surface area (Å²) in [5.74, 6) is 0.742. The molecule has 1 aliphatic carbocycles. The molecule has 36 heavy (non-hydrogen) atoms. The van der Waals surface area contributed by atoms with E-state index in [1.54, 1.807) is 40.2 Å². The number of rotatable bonds is 5. The second-order valence-corrected chi connectivity index (χ2v) is 13.0. The van der Waals surface area contributed by atoms with Crippen molar-refractivity contribution in [3.8, 4) is 5.69 Å². The predicted molar refractivity (Wildman–Crippen MR) is 151 cm³/mol. The molecule has 0 fully saturated rings. The van der Waals surface area contributed by atoms with Gasteiger partial charge in [-0.15, -0.1) is 11.3 Å². The van der Waals surface area contributed by atoms with Crippen LogP contribution in [0.5, 0.6) is 0 Å². The highest BCUT2D eigenvalue weighted by atomic mass is 35.5. The Bertz CT molecular complexity index is 1510. The first-order valence-electron chi connectivity index (χ1n) is 12.2. The van der Waals surface area contributed by atoms with Gasteiger partial charge in [0.15, 0.2) is 10.9 Å². The molecule has 0 saturated heterocycles. The first-order valence-corrected chi connectivity index (χ1v) is 14.4. The molecule has 2 aromatic heterocycles. The van der Waals surface area contributed by atoms with Gasteiger partial charge in [-0.3, -0.25) is 14.2 Å². The van der Waals surface area contributed by atoms with Gasteiger partial charge in [0.25, 0.3) is 5.56 Å². The van der Waals surface area contributed by atoms with Gasteiger partial charge in [0.2, 0.25) is 0 Å². The van der Waals surface area contributed by atoms with Gasteiger partial charge < -0.3 is 0 Å². The lowest BCUT2D eigenvalue weighted by atomic mass is 9.72. The maximum Gasteiger partial charge on any atom is 0.267 e. The molecule has 4 aromatic rings. The van der Waals surface area contributed by atoms with Gasteiger partial charge in [-0.1, -0.05) is 56.3 Å². The summed E-state index contributed by atoms with van der Waals surface area (Å²) >= 11 is 8.94. The Balaban J connectivity index is 1.59. The number of thioether (sulfide) groups is 1. The quantitative estimate of drug-likeness (QED) is 0.150. The average Bonchev–Trinajstić information content (AvgIpc) is 3.20. The number of hydrogen-bond acceptors (Lipinski definition) is 5. The number of carbonyl (C=O) groups is 1. The lowest BCUT2D eigenvalue weighted by molar-refractivity contribution is 0.102. The molecule has 0 aliphatic heterocycles. The van der Waals surface area contributed by atoms with Crippen LogP contribution in [0.25, 0.3) is 15.9 Å². The first kappa shape index (κ1) is 25.2. The molecule has 0 radical (unpaired) electrons. The number of hydrogen-bond donors (Lipinski definition) is 0. The fraction of sp³-hybridized carbons (Fsp3) is 0.345. The Morgan fingerprint density at radius 2 is 1.94 bits per heavy atom. The summed E-state index contributed by atoms with van der Waals surface area (Å²) in [7, 11) is 0. The van der Waals surface area contributed by atoms with E-state index in [0.29, 0.717) is 21.7 Å². The van der Waals surface area contributed by atoms with E-state index in [4.69, 9.17) is 16.6 Å². The molecule has 0 amide bonds. The number of halogens is 1. The zero-order valence-corrected chi connectivity index (χ0v) is 23.3. The SMILES string of the molecule is Cc1cccc(-n2c(SCC(=O)c3ccc(Cl)cc3)nc3sc4c(c3c2=O)CC[C@@H](C(C)(C)C)C4)c1. The topological polar surface area (TPSA) is 52.0 Å². The van der Waals surface area contributed by atoms with E-state index in [2.05, 4.69) is 20.8 Å². The summed E-state index contributed by atoms with van der Waals surface area (Å²) in [5.41, 5.74) is 3.79. The van der Waals surface area contributed by atoms with Gasteiger partial charge in [0.05, 0.1) is 16.8 Å². The number of aromatic nitrogens is 2. The van der Waals surface area contributed by atoms with Crippen LogP contribution in [0.15, 0.2) is 58.5 Å². The van der Waals surface area contributed by atoms with E-state index >= 15 is 0 Å². The van der Waals surface area contributed by atoms with Crippen LogP contribution in [-0.2, 0) is 12.8 Å². The maximum atomic E-state index is 14.0. The Labute approximate surface area is 224 Å². The zero-order chi connectivity index (χ0) is 25.6. The Kier molecular flexibility index (Phi) is 6.88. The van der Waals surface area contributed by atoms with E-state index in [9.17, 15) is 9.59 Å². The molecular weight excluding hydrogens is 508 g/mol. The number of Topliss-reactive ketones (excluding diaryl/α,β-unsaturated/α-hetero) is 1. The van der Waals surface area contributed by atoms with Gasteiger partial charge in [0, 0.05) is 15.5 Å². The molecule has 0 N–H and O–H groups in total. The number of ketones is 1. The molecule has 5 rings (SSSR count). The van der Waals surface area contributed by atoms with Crippen LogP contribution in [0.1, 0.15) is 53.6 Å². The number of carbonyl (C=O) groups excluding carboxylic acids is 1. The van der Waals surface area contributed by atoms with Crippen molar-refractivity contribution in [2.45, 2.75) is 52.1 Å². The third kappa shape index (κ3) is 4.91. The van der Waals surface area contributed by atoms with Crippen LogP contribution in [0.4, 0.5) is 0 Å². The molecule has 4 nitrogen and oxygen atoms in total. The maximum absolute atomic E-state index is 14.0. The van der Waals surface area contributed by atoms with Gasteiger partial charge >= 0.3 is 0 Å². The van der Waals surface area contributed by atoms with E-state index in [0.717, 1.165) is 40.7 Å². The van der Waals surface area contributed by atoms with Crippen molar-refractivity contribution in [3.05, 3.63) is 85.5 Å². The van der Waals surface area contributed by atoms with Crippen LogP contribution >= 0.6 is 34.7 Å². The normalized spacial score (nSPS) is 15.8. The minimum absolute atomic E-state index is 0.0275. The van der Waals surface area contributed by atoms with Gasteiger partial charge in [-0.05, 0) is 85.0 Å². The van der Waals surface area contributed by atoms with Crippen molar-refractivity contribution >= 4 is 50.7 Å². The Morgan fingerprint density at radius 3 is 2.64 bits per heavy atom. The molecule has 2 heterocycles. The van der Waals surface area contributed by atoms with Gasteiger partial charge in [-0.2, -0.15) is 0 Å². The molecule has 1 atom stereocenters. The monoisotopic (exact) mass is 536 g/mol. The Hall–Kier alpha value is -2.41. The molecular formula is C29H29ClN2O2S2. The van der Waals surface area contributed by atoms with Crippen molar-refractivity contribution in [2.75, 3.05) is 5.75 Å². The van der Waals surface area contributed by atoms with Crippen molar-refractivity contribution in [1.82, 2.24) is 9.55 Å². The number of fused-ring (bicyclic) bond motifs is 3. The van der Waals surface area contributed by atoms with Crippen molar-refractivity contribution in [3.63, 3.8) is 0 Å².